The van der Waals surface area contributed by atoms with Gasteiger partial charge in [-0.05, 0) is 38.3 Å². The zero-order valence-corrected chi connectivity index (χ0v) is 14.1. The fraction of sp³-hybridized carbons (Fsp3) is 0.588. The van der Waals surface area contributed by atoms with Crippen LogP contribution in [0.3, 0.4) is 0 Å². The number of nitrogens with zero attached hydrogens (tertiary/aromatic N) is 2. The Labute approximate surface area is 137 Å². The van der Waals surface area contributed by atoms with Crippen LogP contribution in [0.1, 0.15) is 41.7 Å². The molecule has 1 N–H and O–H groups in total. The molecule has 0 bridgehead atoms. The van der Waals surface area contributed by atoms with Crippen LogP contribution < -0.4 is 5.32 Å². The quantitative estimate of drug-likeness (QED) is 0.893. The highest BCUT2D eigenvalue weighted by atomic mass is 16.5. The number of piperidine rings is 1. The maximum Gasteiger partial charge on any atom is 0.254 e. The topological polar surface area (TPSA) is 71.5 Å². The van der Waals surface area contributed by atoms with Crippen LogP contribution in [0, 0.1) is 6.92 Å². The van der Waals surface area contributed by atoms with Crippen molar-refractivity contribution in [3.8, 4) is 0 Å². The van der Waals surface area contributed by atoms with Gasteiger partial charge in [-0.15, -0.1) is 0 Å². The van der Waals surface area contributed by atoms with Gasteiger partial charge in [-0.1, -0.05) is 0 Å². The largest absolute Gasteiger partial charge is 0.376 e. The molecular weight excluding hydrogens is 294 g/mol. The average molecular weight is 319 g/mol. The molecule has 0 aliphatic carbocycles. The number of methoxy groups -OCH3 is 1. The summed E-state index contributed by atoms with van der Waals surface area (Å²) in [6, 6.07) is 3.54. The molecule has 1 aliphatic heterocycles. The lowest BCUT2D eigenvalue weighted by Gasteiger charge is -2.42. The van der Waals surface area contributed by atoms with Crippen LogP contribution in [-0.4, -0.2) is 54.5 Å². The van der Waals surface area contributed by atoms with Gasteiger partial charge in [0.1, 0.15) is 0 Å². The number of aryl methyl sites for hydroxylation is 1. The highest BCUT2D eigenvalue weighted by Gasteiger charge is 2.37. The highest BCUT2D eigenvalue weighted by molar-refractivity contribution is 5.94. The number of carbonyl (C=O) groups is 2. The van der Waals surface area contributed by atoms with Crippen LogP contribution in [-0.2, 0) is 9.53 Å². The third kappa shape index (κ3) is 4.28. The Bertz CT molecular complexity index is 576. The minimum absolute atomic E-state index is 0.00318. The minimum atomic E-state index is -0.442. The lowest BCUT2D eigenvalue weighted by atomic mass is 9.87. The van der Waals surface area contributed by atoms with Gasteiger partial charge in [-0.2, -0.15) is 0 Å². The number of hydrogen-bond acceptors (Lipinski definition) is 4. The second-order valence-electron chi connectivity index (χ2n) is 6.08. The molecule has 2 heterocycles. The molecule has 23 heavy (non-hydrogen) atoms. The van der Waals surface area contributed by atoms with Gasteiger partial charge in [0.2, 0.25) is 5.91 Å². The molecule has 1 fully saturated rings. The summed E-state index contributed by atoms with van der Waals surface area (Å²) in [6.07, 6.45) is 4.40. The molecule has 6 nitrogen and oxygen atoms in total. The third-order valence-corrected chi connectivity index (χ3v) is 4.49. The predicted octanol–water partition coefficient (Wildman–Crippen LogP) is 1.54. The number of amides is 2. The van der Waals surface area contributed by atoms with Gasteiger partial charge < -0.3 is 15.0 Å². The van der Waals surface area contributed by atoms with Crippen LogP contribution in [0.15, 0.2) is 18.3 Å². The number of ether oxygens (including phenoxy) is 1. The molecule has 0 aromatic carbocycles. The Morgan fingerprint density at radius 2 is 2.26 bits per heavy atom. The Balaban J connectivity index is 2.09. The third-order valence-electron chi connectivity index (χ3n) is 4.49. The molecule has 6 heteroatoms. The molecule has 0 spiro atoms. The lowest BCUT2D eigenvalue weighted by Crippen LogP contribution is -2.51. The molecule has 126 valence electrons. The molecule has 2 amide bonds. The van der Waals surface area contributed by atoms with E-state index in [1.54, 1.807) is 32.5 Å². The molecule has 1 aromatic rings. The fourth-order valence-electron chi connectivity index (χ4n) is 3.07. The minimum Gasteiger partial charge on any atom is -0.376 e. The number of aromatic nitrogens is 1. The number of nitrogens with one attached hydrogen (secondary N) is 1. The van der Waals surface area contributed by atoms with E-state index in [9.17, 15) is 9.59 Å². The van der Waals surface area contributed by atoms with Crippen molar-refractivity contribution in [3.05, 3.63) is 29.6 Å². The highest BCUT2D eigenvalue weighted by Crippen LogP contribution is 2.30. The van der Waals surface area contributed by atoms with Crippen molar-refractivity contribution in [2.45, 2.75) is 38.2 Å². The molecule has 1 unspecified atom stereocenters. The summed E-state index contributed by atoms with van der Waals surface area (Å²) in [7, 11) is 3.29. The van der Waals surface area contributed by atoms with E-state index in [1.165, 1.54) is 0 Å². The van der Waals surface area contributed by atoms with Crippen LogP contribution in [0.25, 0.3) is 0 Å². The molecule has 1 aliphatic rings. The SMILES string of the molecule is CNC(=O)CCC1(OC)CCCN(C(=O)c2ccnc(C)c2)C1. The Morgan fingerprint density at radius 1 is 1.48 bits per heavy atom. The second kappa shape index (κ2) is 7.55. The van der Waals surface area contributed by atoms with Crippen molar-refractivity contribution in [1.29, 1.82) is 0 Å². The molecule has 2 rings (SSSR count). The molecular formula is C17H25N3O3. The molecule has 0 radical (unpaired) electrons. The van der Waals surface area contributed by atoms with Gasteiger partial charge >= 0.3 is 0 Å². The number of likely N-dealkylation sites (tertiary alicyclic amines) is 1. The lowest BCUT2D eigenvalue weighted by molar-refractivity contribution is -0.123. The summed E-state index contributed by atoms with van der Waals surface area (Å²) in [4.78, 5) is 30.2. The van der Waals surface area contributed by atoms with Crippen LogP contribution in [0.5, 0.6) is 0 Å². The van der Waals surface area contributed by atoms with E-state index in [0.29, 0.717) is 31.5 Å². The van der Waals surface area contributed by atoms with E-state index in [1.807, 2.05) is 11.8 Å². The Kier molecular flexibility index (Phi) is 5.71. The van der Waals surface area contributed by atoms with Gasteiger partial charge in [0, 0.05) is 51.1 Å². The Hall–Kier alpha value is -1.95. The van der Waals surface area contributed by atoms with Gasteiger partial charge in [-0.25, -0.2) is 0 Å². The van der Waals surface area contributed by atoms with E-state index in [-0.39, 0.29) is 11.8 Å². The van der Waals surface area contributed by atoms with E-state index in [4.69, 9.17) is 4.74 Å². The van der Waals surface area contributed by atoms with Gasteiger partial charge in [-0.3, -0.25) is 14.6 Å². The molecule has 1 saturated heterocycles. The van der Waals surface area contributed by atoms with Crippen LogP contribution in [0.4, 0.5) is 0 Å². The second-order valence-corrected chi connectivity index (χ2v) is 6.08. The van der Waals surface area contributed by atoms with Crippen LogP contribution >= 0.6 is 0 Å². The van der Waals surface area contributed by atoms with Gasteiger partial charge in [0.05, 0.1) is 5.60 Å². The van der Waals surface area contributed by atoms with Gasteiger partial charge in [0.25, 0.3) is 5.91 Å². The molecule has 0 saturated carbocycles. The van der Waals surface area contributed by atoms with Crippen molar-refractivity contribution in [3.63, 3.8) is 0 Å². The summed E-state index contributed by atoms with van der Waals surface area (Å²) >= 11 is 0. The zero-order chi connectivity index (χ0) is 16.9. The van der Waals surface area contributed by atoms with Gasteiger partial charge in [0.15, 0.2) is 0 Å². The zero-order valence-electron chi connectivity index (χ0n) is 14.1. The first-order valence-corrected chi connectivity index (χ1v) is 7.97. The van der Waals surface area contributed by atoms with E-state index in [0.717, 1.165) is 18.5 Å². The molecule has 1 atom stereocenters. The van der Waals surface area contributed by atoms with Crippen molar-refractivity contribution in [2.24, 2.45) is 0 Å². The van der Waals surface area contributed by atoms with E-state index >= 15 is 0 Å². The first-order valence-electron chi connectivity index (χ1n) is 7.97. The first kappa shape index (κ1) is 17.4. The predicted molar refractivity (Wildman–Crippen MR) is 87.2 cm³/mol. The normalized spacial score (nSPS) is 21.1. The van der Waals surface area contributed by atoms with Crippen LogP contribution in [0.2, 0.25) is 0 Å². The smallest absolute Gasteiger partial charge is 0.254 e. The van der Waals surface area contributed by atoms with Crippen molar-refractivity contribution >= 4 is 11.8 Å². The maximum absolute atomic E-state index is 12.7. The average Bonchev–Trinajstić information content (AvgIpc) is 2.59. The van der Waals surface area contributed by atoms with E-state index in [2.05, 4.69) is 10.3 Å². The number of pyridine rings is 1. The van der Waals surface area contributed by atoms with E-state index < -0.39 is 5.60 Å². The summed E-state index contributed by atoms with van der Waals surface area (Å²) < 4.78 is 5.73. The fourth-order valence-corrected chi connectivity index (χ4v) is 3.07. The number of hydrogen-bond donors (Lipinski definition) is 1. The monoisotopic (exact) mass is 319 g/mol. The van der Waals surface area contributed by atoms with Crippen molar-refractivity contribution in [2.75, 3.05) is 27.2 Å². The van der Waals surface area contributed by atoms with Crippen molar-refractivity contribution < 1.29 is 14.3 Å². The number of carbonyl (C=O) groups excluding carboxylic acids is 2. The van der Waals surface area contributed by atoms with Crippen molar-refractivity contribution in [1.82, 2.24) is 15.2 Å². The summed E-state index contributed by atoms with van der Waals surface area (Å²) in [5, 5.41) is 2.63. The summed E-state index contributed by atoms with van der Waals surface area (Å²) in [6.45, 7) is 3.10. The maximum atomic E-state index is 12.7. The summed E-state index contributed by atoms with van der Waals surface area (Å²) in [5.74, 6) is -0.00815. The molecule has 1 aromatic heterocycles. The standard InChI is InChI=1S/C17H25N3O3/c1-13-11-14(6-9-19-13)16(22)20-10-4-7-17(12-20,23-3)8-5-15(21)18-2/h6,9,11H,4-5,7-8,10,12H2,1-3H3,(H,18,21). The Morgan fingerprint density at radius 3 is 2.91 bits per heavy atom. The number of rotatable bonds is 5. The summed E-state index contributed by atoms with van der Waals surface area (Å²) in [5.41, 5.74) is 1.03. The first-order chi connectivity index (χ1) is 11.0.